The molecule has 0 aliphatic heterocycles. The van der Waals surface area contributed by atoms with Crippen LogP contribution in [0.15, 0.2) is 22.8 Å². The van der Waals surface area contributed by atoms with Gasteiger partial charge in [-0.15, -0.1) is 0 Å². The van der Waals surface area contributed by atoms with Crippen LogP contribution in [0.1, 0.15) is 38.4 Å². The molecule has 0 fully saturated rings. The molecule has 0 amide bonds. The molecule has 2 aromatic rings. The van der Waals surface area contributed by atoms with Crippen LogP contribution in [-0.4, -0.2) is 21.5 Å². The monoisotopic (exact) mass is 309 g/mol. The van der Waals surface area contributed by atoms with Crippen molar-refractivity contribution in [3.05, 3.63) is 29.4 Å². The van der Waals surface area contributed by atoms with Crippen LogP contribution in [0, 0.1) is 0 Å². The number of anilines is 2. The molecule has 2 rings (SSSR count). The molecular weight excluding hydrogens is 290 g/mol. The molecule has 2 aromatic heterocycles. The second-order valence-electron chi connectivity index (χ2n) is 4.67. The number of rotatable bonds is 9. The maximum atomic E-state index is 5.91. The normalized spacial score (nSPS) is 10.6. The van der Waals surface area contributed by atoms with E-state index in [4.69, 9.17) is 16.0 Å². The highest BCUT2D eigenvalue weighted by molar-refractivity contribution is 6.28. The molecule has 7 heteroatoms. The third-order valence-electron chi connectivity index (χ3n) is 2.92. The number of furan rings is 1. The lowest BCUT2D eigenvalue weighted by Gasteiger charge is -2.07. The van der Waals surface area contributed by atoms with Crippen molar-refractivity contribution in [3.63, 3.8) is 0 Å². The number of hydrogen-bond donors (Lipinski definition) is 2. The Morgan fingerprint density at radius 1 is 1.10 bits per heavy atom. The Morgan fingerprint density at radius 2 is 1.90 bits per heavy atom. The Bertz CT molecular complexity index is 532. The van der Waals surface area contributed by atoms with E-state index in [1.165, 1.54) is 19.3 Å². The van der Waals surface area contributed by atoms with Gasteiger partial charge >= 0.3 is 0 Å². The molecule has 0 bridgehead atoms. The summed E-state index contributed by atoms with van der Waals surface area (Å²) < 4.78 is 5.24. The average Bonchev–Trinajstić information content (AvgIpc) is 2.98. The van der Waals surface area contributed by atoms with Gasteiger partial charge < -0.3 is 15.1 Å². The summed E-state index contributed by atoms with van der Waals surface area (Å²) in [6.07, 6.45) is 6.38. The van der Waals surface area contributed by atoms with Gasteiger partial charge in [-0.25, -0.2) is 0 Å². The first-order valence-electron chi connectivity index (χ1n) is 7.19. The van der Waals surface area contributed by atoms with Gasteiger partial charge in [0.05, 0.1) is 12.8 Å². The lowest BCUT2D eigenvalue weighted by Crippen LogP contribution is -2.10. The number of nitrogens with one attached hydrogen (secondary N) is 2. The van der Waals surface area contributed by atoms with E-state index in [1.54, 1.807) is 6.26 Å². The summed E-state index contributed by atoms with van der Waals surface area (Å²) >= 11 is 5.91. The number of hydrogen-bond acceptors (Lipinski definition) is 6. The van der Waals surface area contributed by atoms with Gasteiger partial charge in [0.25, 0.3) is 0 Å². The van der Waals surface area contributed by atoms with Crippen molar-refractivity contribution in [2.24, 2.45) is 0 Å². The highest BCUT2D eigenvalue weighted by Crippen LogP contribution is 2.11. The quantitative estimate of drug-likeness (QED) is 0.687. The highest BCUT2D eigenvalue weighted by atomic mass is 35.5. The van der Waals surface area contributed by atoms with Gasteiger partial charge in [0, 0.05) is 6.54 Å². The lowest BCUT2D eigenvalue weighted by molar-refractivity contribution is 0.517. The van der Waals surface area contributed by atoms with Gasteiger partial charge in [-0.2, -0.15) is 15.0 Å². The molecule has 0 aliphatic rings. The van der Waals surface area contributed by atoms with E-state index >= 15 is 0 Å². The van der Waals surface area contributed by atoms with Crippen LogP contribution in [0.25, 0.3) is 0 Å². The first kappa shape index (κ1) is 15.6. The average molecular weight is 310 g/mol. The van der Waals surface area contributed by atoms with Gasteiger partial charge in [-0.3, -0.25) is 0 Å². The number of aromatic nitrogens is 3. The van der Waals surface area contributed by atoms with Crippen LogP contribution in [0.3, 0.4) is 0 Å². The Labute approximate surface area is 129 Å². The van der Waals surface area contributed by atoms with Crippen molar-refractivity contribution >= 4 is 23.5 Å². The maximum Gasteiger partial charge on any atom is 0.229 e. The minimum Gasteiger partial charge on any atom is -0.467 e. The number of nitrogens with zero attached hydrogens (tertiary/aromatic N) is 3. The van der Waals surface area contributed by atoms with Crippen molar-refractivity contribution < 1.29 is 4.42 Å². The summed E-state index contributed by atoms with van der Waals surface area (Å²) in [6.45, 7) is 3.53. The Hall–Kier alpha value is -1.82. The number of unbranched alkanes of at least 4 members (excludes halogenated alkanes) is 3. The van der Waals surface area contributed by atoms with Gasteiger partial charge in [0.15, 0.2) is 0 Å². The van der Waals surface area contributed by atoms with Gasteiger partial charge in [-0.05, 0) is 30.2 Å². The van der Waals surface area contributed by atoms with Gasteiger partial charge in [-0.1, -0.05) is 26.2 Å². The van der Waals surface area contributed by atoms with Crippen molar-refractivity contribution in [2.45, 2.75) is 39.2 Å². The number of halogens is 1. The highest BCUT2D eigenvalue weighted by Gasteiger charge is 2.05. The zero-order valence-corrected chi connectivity index (χ0v) is 12.9. The van der Waals surface area contributed by atoms with Crippen LogP contribution >= 0.6 is 11.6 Å². The second kappa shape index (κ2) is 8.46. The van der Waals surface area contributed by atoms with Crippen molar-refractivity contribution in [3.8, 4) is 0 Å². The van der Waals surface area contributed by atoms with Crippen molar-refractivity contribution in [1.29, 1.82) is 0 Å². The zero-order chi connectivity index (χ0) is 14.9. The molecule has 2 N–H and O–H groups in total. The molecule has 0 unspecified atom stereocenters. The molecule has 0 aliphatic carbocycles. The Balaban J connectivity index is 1.84. The summed E-state index contributed by atoms with van der Waals surface area (Å²) in [5.74, 6) is 1.73. The summed E-state index contributed by atoms with van der Waals surface area (Å²) in [6, 6.07) is 3.71. The van der Waals surface area contributed by atoms with Crippen LogP contribution in [0.4, 0.5) is 11.9 Å². The van der Waals surface area contributed by atoms with Crippen molar-refractivity contribution in [1.82, 2.24) is 15.0 Å². The fraction of sp³-hybridized carbons (Fsp3) is 0.500. The minimum absolute atomic E-state index is 0.169. The molecule has 21 heavy (non-hydrogen) atoms. The largest absolute Gasteiger partial charge is 0.467 e. The summed E-state index contributed by atoms with van der Waals surface area (Å²) in [5.41, 5.74) is 0. The lowest BCUT2D eigenvalue weighted by atomic mass is 10.2. The fourth-order valence-electron chi connectivity index (χ4n) is 1.84. The first-order valence-corrected chi connectivity index (χ1v) is 7.57. The van der Waals surface area contributed by atoms with Gasteiger partial charge in [0.1, 0.15) is 5.76 Å². The molecule has 0 radical (unpaired) electrons. The summed E-state index contributed by atoms with van der Waals surface area (Å²) in [7, 11) is 0. The third kappa shape index (κ3) is 5.59. The maximum absolute atomic E-state index is 5.91. The molecule has 0 saturated heterocycles. The summed E-state index contributed by atoms with van der Waals surface area (Å²) in [4.78, 5) is 12.4. The molecule has 2 heterocycles. The van der Waals surface area contributed by atoms with Crippen LogP contribution in [0.2, 0.25) is 5.28 Å². The third-order valence-corrected chi connectivity index (χ3v) is 3.09. The van der Waals surface area contributed by atoms with E-state index in [1.807, 2.05) is 12.1 Å². The van der Waals surface area contributed by atoms with E-state index in [2.05, 4.69) is 32.5 Å². The Morgan fingerprint density at radius 3 is 2.62 bits per heavy atom. The summed E-state index contributed by atoms with van der Waals surface area (Å²) in [5, 5.41) is 6.40. The van der Waals surface area contributed by atoms with Gasteiger partial charge in [0.2, 0.25) is 17.2 Å². The molecule has 6 nitrogen and oxygen atoms in total. The molecule has 0 aromatic carbocycles. The smallest absolute Gasteiger partial charge is 0.229 e. The zero-order valence-electron chi connectivity index (χ0n) is 12.1. The fourth-order valence-corrected chi connectivity index (χ4v) is 2.00. The molecular formula is C14H20ClN5O. The topological polar surface area (TPSA) is 75.9 Å². The van der Waals surface area contributed by atoms with Crippen LogP contribution in [-0.2, 0) is 6.54 Å². The second-order valence-corrected chi connectivity index (χ2v) is 5.01. The van der Waals surface area contributed by atoms with Crippen LogP contribution in [0.5, 0.6) is 0 Å². The van der Waals surface area contributed by atoms with E-state index in [0.29, 0.717) is 18.4 Å². The van der Waals surface area contributed by atoms with E-state index in [9.17, 15) is 0 Å². The molecule has 114 valence electrons. The predicted molar refractivity (Wildman–Crippen MR) is 83.5 cm³/mol. The molecule has 0 spiro atoms. The van der Waals surface area contributed by atoms with E-state index in [-0.39, 0.29) is 5.28 Å². The predicted octanol–water partition coefficient (Wildman–Crippen LogP) is 3.72. The van der Waals surface area contributed by atoms with E-state index in [0.717, 1.165) is 18.7 Å². The Kier molecular flexibility index (Phi) is 6.27. The molecule has 0 atom stereocenters. The molecule has 0 saturated carbocycles. The van der Waals surface area contributed by atoms with Crippen molar-refractivity contribution in [2.75, 3.05) is 17.2 Å². The minimum atomic E-state index is 0.169. The first-order chi connectivity index (χ1) is 10.3. The van der Waals surface area contributed by atoms with Crippen LogP contribution < -0.4 is 10.6 Å². The SMILES string of the molecule is CCCCCCNc1nc(Cl)nc(NCc2ccco2)n1. The standard InChI is InChI=1S/C14H20ClN5O/c1-2-3-4-5-8-16-13-18-12(15)19-14(20-13)17-10-11-7-6-9-21-11/h6-7,9H,2-5,8,10H2,1H3,(H2,16,17,18,19,20). The van der Waals surface area contributed by atoms with E-state index < -0.39 is 0 Å².